The summed E-state index contributed by atoms with van der Waals surface area (Å²) in [7, 11) is 0. The molecule has 0 aliphatic rings. The van der Waals surface area contributed by atoms with Gasteiger partial charge in [0.2, 0.25) is 0 Å². The summed E-state index contributed by atoms with van der Waals surface area (Å²) < 4.78 is 1.46. The zero-order valence-electron chi connectivity index (χ0n) is 10.4. The van der Waals surface area contributed by atoms with E-state index >= 15 is 0 Å². The van der Waals surface area contributed by atoms with Crippen LogP contribution < -0.4 is 4.73 Å². The Morgan fingerprint density at radius 3 is 2.60 bits per heavy atom. The number of hydrogen-bond acceptors (Lipinski definition) is 2. The smallest absolute Gasteiger partial charge is 0.312 e. The van der Waals surface area contributed by atoms with Gasteiger partial charge in [0, 0.05) is 10.6 Å². The summed E-state index contributed by atoms with van der Waals surface area (Å²) in [4.78, 5) is 4.40. The Morgan fingerprint density at radius 1 is 1.15 bits per heavy atom. The number of benzene rings is 2. The molecule has 3 nitrogen and oxygen atoms in total. The van der Waals surface area contributed by atoms with E-state index in [0.29, 0.717) is 21.0 Å². The van der Waals surface area contributed by atoms with Crippen molar-refractivity contribution >= 4 is 45.1 Å². The van der Waals surface area contributed by atoms with E-state index in [1.807, 2.05) is 36.4 Å². The maximum absolute atomic E-state index is 12.5. The molecule has 0 radical (unpaired) electrons. The van der Waals surface area contributed by atoms with E-state index in [2.05, 4.69) is 27.6 Å². The lowest BCUT2D eigenvalue weighted by Crippen LogP contribution is -2.35. The molecule has 100 valence electrons. The molecule has 3 rings (SSSR count). The van der Waals surface area contributed by atoms with Crippen molar-refractivity contribution in [3.63, 3.8) is 0 Å². The molecule has 3 aromatic rings. The molecule has 0 amide bonds. The minimum absolute atomic E-state index is 0.499. The topological polar surface area (TPSA) is 39.8 Å². The van der Waals surface area contributed by atoms with Crippen molar-refractivity contribution in [1.29, 1.82) is 0 Å². The van der Waals surface area contributed by atoms with Gasteiger partial charge in [0.1, 0.15) is 10.1 Å². The van der Waals surface area contributed by atoms with Gasteiger partial charge in [-0.2, -0.15) is 0 Å². The average molecular weight is 397 g/mol. The maximum Gasteiger partial charge on any atom is 0.312 e. The summed E-state index contributed by atoms with van der Waals surface area (Å²) >= 11 is 8.21. The van der Waals surface area contributed by atoms with Crippen molar-refractivity contribution in [2.75, 3.05) is 0 Å². The quantitative estimate of drug-likeness (QED) is 0.283. The van der Waals surface area contributed by atoms with Gasteiger partial charge in [0.25, 0.3) is 0 Å². The molecule has 0 spiro atoms. The monoisotopic (exact) mass is 396 g/mol. The number of fused-ring (bicyclic) bond motifs is 1. The Morgan fingerprint density at radius 2 is 1.90 bits per heavy atom. The predicted molar refractivity (Wildman–Crippen MR) is 88.9 cm³/mol. The van der Waals surface area contributed by atoms with Crippen LogP contribution in [0, 0.1) is 5.21 Å². The van der Waals surface area contributed by atoms with Crippen molar-refractivity contribution in [2.24, 2.45) is 0 Å². The van der Waals surface area contributed by atoms with Crippen molar-refractivity contribution in [1.82, 2.24) is 4.98 Å². The standard InChI is InChI=1S/C15H10ClIN2O/c16-11-6-7-13-12(8-11)15(10-4-2-1-3-5-10)19(20)14(9-17)18-13/h1-8H,9H2. The lowest BCUT2D eigenvalue weighted by molar-refractivity contribution is -0.603. The SMILES string of the molecule is [O-][n+]1c(CI)nc2ccc(Cl)cc2c1-c1ccccc1. The molecule has 0 saturated carbocycles. The molecule has 1 heterocycles. The summed E-state index contributed by atoms with van der Waals surface area (Å²) in [5, 5.41) is 13.9. The van der Waals surface area contributed by atoms with Crippen LogP contribution in [0.5, 0.6) is 0 Å². The van der Waals surface area contributed by atoms with E-state index in [9.17, 15) is 5.21 Å². The number of hydrogen-bond donors (Lipinski definition) is 0. The Kier molecular flexibility index (Phi) is 3.76. The van der Waals surface area contributed by atoms with E-state index in [0.717, 1.165) is 21.2 Å². The van der Waals surface area contributed by atoms with Crippen LogP contribution in [0.4, 0.5) is 0 Å². The van der Waals surface area contributed by atoms with Crippen LogP contribution in [-0.4, -0.2) is 4.98 Å². The number of nitrogens with zero attached hydrogens (tertiary/aromatic N) is 2. The molecular weight excluding hydrogens is 387 g/mol. The zero-order chi connectivity index (χ0) is 14.1. The van der Waals surface area contributed by atoms with Crippen LogP contribution >= 0.6 is 34.2 Å². The molecule has 2 aromatic carbocycles. The largest absolute Gasteiger partial charge is 0.710 e. The first-order valence-electron chi connectivity index (χ1n) is 6.04. The normalized spacial score (nSPS) is 10.9. The summed E-state index contributed by atoms with van der Waals surface area (Å²) in [6, 6.07) is 15.0. The van der Waals surface area contributed by atoms with E-state index in [1.54, 1.807) is 12.1 Å². The first-order chi connectivity index (χ1) is 9.70. The van der Waals surface area contributed by atoms with Gasteiger partial charge >= 0.3 is 5.82 Å². The van der Waals surface area contributed by atoms with Gasteiger partial charge in [-0.15, -0.1) is 0 Å². The Hall–Kier alpha value is -1.40. The Bertz CT molecular complexity index is 778. The van der Waals surface area contributed by atoms with Crippen LogP contribution in [0.3, 0.4) is 0 Å². The maximum atomic E-state index is 12.5. The number of rotatable bonds is 2. The van der Waals surface area contributed by atoms with Gasteiger partial charge in [-0.05, 0) is 23.2 Å². The molecular formula is C15H10ClIN2O. The summed E-state index contributed by atoms with van der Waals surface area (Å²) in [5.74, 6) is 0.499. The van der Waals surface area contributed by atoms with Crippen molar-refractivity contribution in [3.05, 3.63) is 64.6 Å². The minimum Gasteiger partial charge on any atom is -0.710 e. The first-order valence-corrected chi connectivity index (χ1v) is 7.94. The summed E-state index contributed by atoms with van der Waals surface area (Å²) in [6.45, 7) is 0. The minimum atomic E-state index is 0.499. The number of aromatic nitrogens is 2. The fourth-order valence-corrected chi connectivity index (χ4v) is 2.82. The van der Waals surface area contributed by atoms with Crippen LogP contribution in [0.15, 0.2) is 48.5 Å². The van der Waals surface area contributed by atoms with Gasteiger partial charge in [-0.1, -0.05) is 64.5 Å². The van der Waals surface area contributed by atoms with Gasteiger partial charge in [-0.25, -0.2) is 4.73 Å². The second kappa shape index (κ2) is 5.54. The number of halogens is 2. The Balaban J connectivity index is 2.43. The highest BCUT2D eigenvalue weighted by Gasteiger charge is 2.18. The summed E-state index contributed by atoms with van der Waals surface area (Å²) in [5.41, 5.74) is 2.25. The fraction of sp³-hybridized carbons (Fsp3) is 0.0667. The fourth-order valence-electron chi connectivity index (χ4n) is 2.17. The highest BCUT2D eigenvalue weighted by molar-refractivity contribution is 14.1. The molecule has 0 aliphatic heterocycles. The van der Waals surface area contributed by atoms with Crippen molar-refractivity contribution in [2.45, 2.75) is 4.43 Å². The van der Waals surface area contributed by atoms with E-state index in [4.69, 9.17) is 11.6 Å². The van der Waals surface area contributed by atoms with Crippen LogP contribution in [0.2, 0.25) is 5.02 Å². The van der Waals surface area contributed by atoms with Crippen molar-refractivity contribution < 1.29 is 4.73 Å². The molecule has 0 unspecified atom stereocenters. The predicted octanol–water partition coefficient (Wildman–Crippen LogP) is 4.12. The molecule has 0 atom stereocenters. The van der Waals surface area contributed by atoms with Gasteiger partial charge in [0.15, 0.2) is 5.52 Å². The molecule has 0 fully saturated rings. The third-order valence-corrected chi connectivity index (χ3v) is 3.98. The third kappa shape index (κ3) is 2.33. The van der Waals surface area contributed by atoms with Crippen LogP contribution in [0.1, 0.15) is 5.82 Å². The molecule has 0 aliphatic carbocycles. The molecule has 20 heavy (non-hydrogen) atoms. The van der Waals surface area contributed by atoms with Gasteiger partial charge in [0.05, 0.1) is 5.39 Å². The zero-order valence-corrected chi connectivity index (χ0v) is 13.3. The molecule has 5 heteroatoms. The lowest BCUT2D eigenvalue weighted by Gasteiger charge is -2.13. The Labute approximate surface area is 134 Å². The highest BCUT2D eigenvalue weighted by Crippen LogP contribution is 2.27. The molecule has 1 aromatic heterocycles. The lowest BCUT2D eigenvalue weighted by atomic mass is 10.1. The van der Waals surface area contributed by atoms with Crippen LogP contribution in [0.25, 0.3) is 22.2 Å². The highest BCUT2D eigenvalue weighted by atomic mass is 127. The molecule has 0 N–H and O–H groups in total. The second-order valence-corrected chi connectivity index (χ2v) is 5.53. The number of alkyl halides is 1. The van der Waals surface area contributed by atoms with E-state index in [1.165, 1.54) is 0 Å². The molecule has 0 saturated heterocycles. The average Bonchev–Trinajstić information content (AvgIpc) is 2.47. The van der Waals surface area contributed by atoms with Crippen LogP contribution in [-0.2, 0) is 4.43 Å². The first kappa shape index (κ1) is 13.6. The van der Waals surface area contributed by atoms with Gasteiger partial charge < -0.3 is 5.21 Å². The van der Waals surface area contributed by atoms with E-state index in [-0.39, 0.29) is 0 Å². The van der Waals surface area contributed by atoms with Gasteiger partial charge in [-0.3, -0.25) is 0 Å². The third-order valence-electron chi connectivity index (χ3n) is 3.07. The molecule has 0 bridgehead atoms. The van der Waals surface area contributed by atoms with E-state index < -0.39 is 0 Å². The van der Waals surface area contributed by atoms with Crippen molar-refractivity contribution in [3.8, 4) is 11.3 Å². The summed E-state index contributed by atoms with van der Waals surface area (Å²) in [6.07, 6.45) is 0. The second-order valence-electron chi connectivity index (χ2n) is 4.33.